The van der Waals surface area contributed by atoms with E-state index in [-0.39, 0.29) is 5.92 Å². The zero-order valence-electron chi connectivity index (χ0n) is 10.9. The number of halogens is 1. The van der Waals surface area contributed by atoms with Crippen LogP contribution in [0.3, 0.4) is 0 Å². The molecule has 1 heterocycles. The highest BCUT2D eigenvalue weighted by molar-refractivity contribution is 9.10. The molecule has 1 aliphatic rings. The smallest absolute Gasteiger partial charge is 0.306 e. The standard InChI is InChI=1S/C14H18BrNO3/c1-9-6-12(15)7-11(13(9)17)8-16-4-2-10(3-5-16)14(18)19/h6-7,10,17H,2-5,8H2,1H3,(H,18,19). The van der Waals surface area contributed by atoms with E-state index < -0.39 is 5.97 Å². The number of carboxylic acids is 1. The molecule has 1 fully saturated rings. The molecule has 0 saturated carbocycles. The molecular formula is C14H18BrNO3. The minimum Gasteiger partial charge on any atom is -0.507 e. The summed E-state index contributed by atoms with van der Waals surface area (Å²) in [5.74, 6) is -0.571. The van der Waals surface area contributed by atoms with E-state index in [0.29, 0.717) is 25.1 Å². The third-order valence-corrected chi connectivity index (χ3v) is 4.13. The summed E-state index contributed by atoms with van der Waals surface area (Å²) in [6, 6.07) is 3.81. The van der Waals surface area contributed by atoms with E-state index in [2.05, 4.69) is 20.8 Å². The van der Waals surface area contributed by atoms with Gasteiger partial charge in [0, 0.05) is 16.6 Å². The van der Waals surface area contributed by atoms with Crippen LogP contribution in [0.4, 0.5) is 0 Å². The van der Waals surface area contributed by atoms with Gasteiger partial charge >= 0.3 is 5.97 Å². The zero-order chi connectivity index (χ0) is 14.0. The van der Waals surface area contributed by atoms with Crippen molar-refractivity contribution in [1.82, 2.24) is 4.90 Å². The van der Waals surface area contributed by atoms with E-state index in [9.17, 15) is 9.90 Å². The molecule has 0 atom stereocenters. The lowest BCUT2D eigenvalue weighted by Crippen LogP contribution is -2.35. The van der Waals surface area contributed by atoms with Crippen LogP contribution in [0.15, 0.2) is 16.6 Å². The molecule has 0 radical (unpaired) electrons. The highest BCUT2D eigenvalue weighted by Crippen LogP contribution is 2.29. The van der Waals surface area contributed by atoms with Crippen molar-refractivity contribution < 1.29 is 15.0 Å². The summed E-state index contributed by atoms with van der Waals surface area (Å²) in [6.45, 7) is 4.07. The molecule has 2 N–H and O–H groups in total. The van der Waals surface area contributed by atoms with Crippen molar-refractivity contribution in [2.45, 2.75) is 26.3 Å². The van der Waals surface area contributed by atoms with Gasteiger partial charge in [-0.3, -0.25) is 9.69 Å². The van der Waals surface area contributed by atoms with Gasteiger partial charge in [-0.2, -0.15) is 0 Å². The second-order valence-corrected chi connectivity index (χ2v) is 6.03. The van der Waals surface area contributed by atoms with Crippen LogP contribution in [0.1, 0.15) is 24.0 Å². The van der Waals surface area contributed by atoms with Crippen LogP contribution in [0.25, 0.3) is 0 Å². The average molecular weight is 328 g/mol. The number of benzene rings is 1. The summed E-state index contributed by atoms with van der Waals surface area (Å²) in [7, 11) is 0. The Balaban J connectivity index is 2.01. The fraction of sp³-hybridized carbons (Fsp3) is 0.500. The molecule has 5 heteroatoms. The normalized spacial score (nSPS) is 17.6. The second-order valence-electron chi connectivity index (χ2n) is 5.12. The maximum atomic E-state index is 10.9. The van der Waals surface area contributed by atoms with E-state index >= 15 is 0 Å². The van der Waals surface area contributed by atoms with Crippen molar-refractivity contribution in [3.05, 3.63) is 27.7 Å². The van der Waals surface area contributed by atoms with Crippen molar-refractivity contribution >= 4 is 21.9 Å². The minimum absolute atomic E-state index is 0.214. The lowest BCUT2D eigenvalue weighted by molar-refractivity contribution is -0.143. The Kier molecular flexibility index (Phi) is 4.47. The first kappa shape index (κ1) is 14.3. The highest BCUT2D eigenvalue weighted by atomic mass is 79.9. The molecule has 19 heavy (non-hydrogen) atoms. The number of carboxylic acid groups (broad SMARTS) is 1. The van der Waals surface area contributed by atoms with Gasteiger partial charge in [-0.25, -0.2) is 0 Å². The summed E-state index contributed by atoms with van der Waals surface area (Å²) >= 11 is 3.43. The second kappa shape index (κ2) is 5.92. The number of likely N-dealkylation sites (tertiary alicyclic amines) is 1. The number of phenols is 1. The number of hydrogen-bond acceptors (Lipinski definition) is 3. The molecule has 1 aliphatic heterocycles. The molecule has 4 nitrogen and oxygen atoms in total. The fourth-order valence-corrected chi connectivity index (χ4v) is 3.12. The first-order valence-corrected chi connectivity index (χ1v) is 7.20. The summed E-state index contributed by atoms with van der Waals surface area (Å²) < 4.78 is 0.957. The number of rotatable bonds is 3. The van der Waals surface area contributed by atoms with E-state index in [0.717, 1.165) is 28.7 Å². The molecule has 1 aromatic carbocycles. The van der Waals surface area contributed by atoms with E-state index in [4.69, 9.17) is 5.11 Å². The molecule has 0 spiro atoms. The molecule has 0 amide bonds. The average Bonchev–Trinajstić information content (AvgIpc) is 2.36. The Labute approximate surface area is 121 Å². The predicted molar refractivity (Wildman–Crippen MR) is 76.2 cm³/mol. The molecule has 0 unspecified atom stereocenters. The SMILES string of the molecule is Cc1cc(Br)cc(CN2CCC(C(=O)O)CC2)c1O. The van der Waals surface area contributed by atoms with Crippen LogP contribution in [0, 0.1) is 12.8 Å². The molecular weight excluding hydrogens is 310 g/mol. The number of aliphatic carboxylic acids is 1. The molecule has 0 aliphatic carbocycles. The number of hydrogen-bond donors (Lipinski definition) is 2. The van der Waals surface area contributed by atoms with Crippen LogP contribution in [0.2, 0.25) is 0 Å². The molecule has 1 saturated heterocycles. The third kappa shape index (κ3) is 3.48. The maximum Gasteiger partial charge on any atom is 0.306 e. The topological polar surface area (TPSA) is 60.8 Å². The summed E-state index contributed by atoms with van der Waals surface area (Å²) in [5, 5.41) is 19.0. The Morgan fingerprint density at radius 1 is 1.42 bits per heavy atom. The molecule has 1 aromatic rings. The van der Waals surface area contributed by atoms with Gasteiger partial charge in [0.15, 0.2) is 0 Å². The fourth-order valence-electron chi connectivity index (χ4n) is 2.50. The zero-order valence-corrected chi connectivity index (χ0v) is 12.5. The van der Waals surface area contributed by atoms with Crippen molar-refractivity contribution in [2.24, 2.45) is 5.92 Å². The third-order valence-electron chi connectivity index (χ3n) is 3.67. The van der Waals surface area contributed by atoms with E-state index in [1.807, 2.05) is 19.1 Å². The number of piperidine rings is 1. The van der Waals surface area contributed by atoms with Gasteiger partial charge in [0.25, 0.3) is 0 Å². The van der Waals surface area contributed by atoms with Crippen molar-refractivity contribution in [3.8, 4) is 5.75 Å². The van der Waals surface area contributed by atoms with Crippen molar-refractivity contribution in [3.63, 3.8) is 0 Å². The number of phenolic OH excluding ortho intramolecular Hbond substituents is 1. The Morgan fingerprint density at radius 2 is 2.05 bits per heavy atom. The number of aromatic hydroxyl groups is 1. The van der Waals surface area contributed by atoms with Crippen LogP contribution in [0.5, 0.6) is 5.75 Å². The molecule has 104 valence electrons. The summed E-state index contributed by atoms with van der Waals surface area (Å²) in [4.78, 5) is 13.1. The quantitative estimate of drug-likeness (QED) is 0.896. The van der Waals surface area contributed by atoms with Crippen LogP contribution < -0.4 is 0 Å². The van der Waals surface area contributed by atoms with E-state index in [1.165, 1.54) is 0 Å². The predicted octanol–water partition coefficient (Wildman–Crippen LogP) is 2.76. The summed E-state index contributed by atoms with van der Waals surface area (Å²) in [6.07, 6.45) is 1.37. The Bertz CT molecular complexity index is 482. The van der Waals surface area contributed by atoms with Crippen molar-refractivity contribution in [2.75, 3.05) is 13.1 Å². The molecule has 2 rings (SSSR count). The van der Waals surface area contributed by atoms with Crippen LogP contribution in [-0.2, 0) is 11.3 Å². The Hall–Kier alpha value is -1.07. The number of carbonyl (C=O) groups is 1. The van der Waals surface area contributed by atoms with Crippen LogP contribution in [-0.4, -0.2) is 34.2 Å². The summed E-state index contributed by atoms with van der Waals surface area (Å²) in [5.41, 5.74) is 1.74. The minimum atomic E-state index is -0.694. The van der Waals surface area contributed by atoms with Gasteiger partial charge in [-0.1, -0.05) is 15.9 Å². The highest BCUT2D eigenvalue weighted by Gasteiger charge is 2.24. The van der Waals surface area contributed by atoms with Gasteiger partial charge in [0.1, 0.15) is 5.75 Å². The van der Waals surface area contributed by atoms with Crippen LogP contribution >= 0.6 is 15.9 Å². The first-order chi connectivity index (χ1) is 8.97. The van der Waals surface area contributed by atoms with Gasteiger partial charge in [0.05, 0.1) is 5.92 Å². The van der Waals surface area contributed by atoms with Gasteiger partial charge < -0.3 is 10.2 Å². The van der Waals surface area contributed by atoms with Gasteiger partial charge in [0.2, 0.25) is 0 Å². The first-order valence-electron chi connectivity index (χ1n) is 6.40. The van der Waals surface area contributed by atoms with E-state index in [1.54, 1.807) is 0 Å². The van der Waals surface area contributed by atoms with Gasteiger partial charge in [-0.05, 0) is 50.6 Å². The molecule has 0 aromatic heterocycles. The Morgan fingerprint density at radius 3 is 2.63 bits per heavy atom. The lowest BCUT2D eigenvalue weighted by atomic mass is 9.96. The molecule has 0 bridgehead atoms. The largest absolute Gasteiger partial charge is 0.507 e. The van der Waals surface area contributed by atoms with Crippen molar-refractivity contribution in [1.29, 1.82) is 0 Å². The maximum absolute atomic E-state index is 10.9. The lowest BCUT2D eigenvalue weighted by Gasteiger charge is -2.30. The number of nitrogens with zero attached hydrogens (tertiary/aromatic N) is 1. The monoisotopic (exact) mass is 327 g/mol. The number of aryl methyl sites for hydroxylation is 1. The van der Waals surface area contributed by atoms with Gasteiger partial charge in [-0.15, -0.1) is 0 Å².